The third-order valence-corrected chi connectivity index (χ3v) is 4.48. The number of thioether (sulfide) groups is 1. The minimum Gasteiger partial charge on any atom is -0.328 e. The number of imidazole rings is 1. The molecule has 6 heteroatoms. The number of fused-ring (bicyclic) bond motifs is 1. The van der Waals surface area contributed by atoms with Crippen LogP contribution in [0.5, 0.6) is 0 Å². The maximum atomic E-state index is 5.47. The lowest BCUT2D eigenvalue weighted by atomic mass is 10.2. The van der Waals surface area contributed by atoms with Crippen LogP contribution in [0.25, 0.3) is 11.2 Å². The molecular weight excluding hydrogens is 276 g/mol. The van der Waals surface area contributed by atoms with Gasteiger partial charge in [-0.25, -0.2) is 0 Å². The Morgan fingerprint density at radius 3 is 2.84 bits per heavy atom. The summed E-state index contributed by atoms with van der Waals surface area (Å²) in [7, 11) is 2.00. The van der Waals surface area contributed by atoms with Gasteiger partial charge in [-0.15, -0.1) is 0 Å². The first-order chi connectivity index (χ1) is 9.08. The molecule has 19 heavy (non-hydrogen) atoms. The summed E-state index contributed by atoms with van der Waals surface area (Å²) in [6.45, 7) is 5.39. The van der Waals surface area contributed by atoms with Crippen LogP contribution in [0.2, 0.25) is 0 Å². The maximum absolute atomic E-state index is 5.47. The Morgan fingerprint density at radius 1 is 1.47 bits per heavy atom. The number of aryl methyl sites for hydroxylation is 2. The largest absolute Gasteiger partial charge is 0.328 e. The Balaban J connectivity index is 2.44. The van der Waals surface area contributed by atoms with Gasteiger partial charge in [-0.1, -0.05) is 20.3 Å². The third-order valence-electron chi connectivity index (χ3n) is 3.25. The van der Waals surface area contributed by atoms with E-state index in [1.165, 1.54) is 0 Å². The van der Waals surface area contributed by atoms with Gasteiger partial charge in [-0.2, -0.15) is 16.9 Å². The molecule has 2 heterocycles. The van der Waals surface area contributed by atoms with Crippen LogP contribution in [0.1, 0.15) is 26.0 Å². The Labute approximate surface area is 123 Å². The molecule has 0 saturated carbocycles. The lowest BCUT2D eigenvalue weighted by Crippen LogP contribution is -2.11. The Bertz CT molecular complexity index is 608. The lowest BCUT2D eigenvalue weighted by Gasteiger charge is -2.11. The summed E-state index contributed by atoms with van der Waals surface area (Å²) in [6, 6.07) is 0. The van der Waals surface area contributed by atoms with Crippen LogP contribution in [-0.4, -0.2) is 31.3 Å². The zero-order valence-corrected chi connectivity index (χ0v) is 13.7. The summed E-state index contributed by atoms with van der Waals surface area (Å²) < 4.78 is 4.96. The van der Waals surface area contributed by atoms with Crippen molar-refractivity contribution < 1.29 is 0 Å². The van der Waals surface area contributed by atoms with Crippen molar-refractivity contribution in [1.29, 1.82) is 0 Å². The van der Waals surface area contributed by atoms with Gasteiger partial charge in [-0.05, 0) is 36.6 Å². The smallest absolute Gasteiger partial charge is 0.179 e. The van der Waals surface area contributed by atoms with E-state index in [4.69, 9.17) is 12.2 Å². The minimum absolute atomic E-state index is 0.602. The number of rotatable bonds is 6. The van der Waals surface area contributed by atoms with E-state index in [1.807, 2.05) is 23.5 Å². The quantitative estimate of drug-likeness (QED) is 0.831. The van der Waals surface area contributed by atoms with Gasteiger partial charge in [0.15, 0.2) is 10.4 Å². The van der Waals surface area contributed by atoms with E-state index >= 15 is 0 Å². The summed E-state index contributed by atoms with van der Waals surface area (Å²) in [5, 5.41) is 4.61. The monoisotopic (exact) mass is 298 g/mol. The van der Waals surface area contributed by atoms with E-state index in [2.05, 4.69) is 34.8 Å². The van der Waals surface area contributed by atoms with E-state index in [9.17, 15) is 0 Å². The van der Waals surface area contributed by atoms with E-state index in [-0.39, 0.29) is 0 Å². The van der Waals surface area contributed by atoms with Crippen LogP contribution in [0.3, 0.4) is 0 Å². The van der Waals surface area contributed by atoms with Crippen molar-refractivity contribution in [2.24, 2.45) is 13.0 Å². The molecule has 0 aliphatic carbocycles. The van der Waals surface area contributed by atoms with E-state index in [1.54, 1.807) is 0 Å². The second kappa shape index (κ2) is 6.13. The molecule has 0 saturated heterocycles. The van der Waals surface area contributed by atoms with Crippen molar-refractivity contribution in [3.8, 4) is 0 Å². The van der Waals surface area contributed by atoms with Crippen LogP contribution in [0.15, 0.2) is 0 Å². The van der Waals surface area contributed by atoms with Crippen LogP contribution in [0.4, 0.5) is 0 Å². The van der Waals surface area contributed by atoms with Gasteiger partial charge in [0.25, 0.3) is 0 Å². The molecule has 2 rings (SSSR count). The summed E-state index contributed by atoms with van der Waals surface area (Å²) in [6.07, 6.45) is 4.24. The highest BCUT2D eigenvalue weighted by Gasteiger charge is 2.16. The highest BCUT2D eigenvalue weighted by molar-refractivity contribution is 7.98. The summed E-state index contributed by atoms with van der Waals surface area (Å²) in [4.78, 5) is 3.34. The van der Waals surface area contributed by atoms with Crippen molar-refractivity contribution >= 4 is 35.1 Å². The normalized spacial score (nSPS) is 13.3. The minimum atomic E-state index is 0.602. The van der Waals surface area contributed by atoms with Gasteiger partial charge in [0.2, 0.25) is 0 Å². The maximum Gasteiger partial charge on any atom is 0.179 e. The topological polar surface area (TPSA) is 38.5 Å². The van der Waals surface area contributed by atoms with Gasteiger partial charge in [-0.3, -0.25) is 4.68 Å². The molecule has 0 amide bonds. The van der Waals surface area contributed by atoms with Gasteiger partial charge in [0, 0.05) is 13.6 Å². The first kappa shape index (κ1) is 14.7. The molecule has 1 unspecified atom stereocenters. The fourth-order valence-corrected chi connectivity index (χ4v) is 3.45. The first-order valence-electron chi connectivity index (χ1n) is 6.71. The number of H-pyrrole nitrogens is 1. The van der Waals surface area contributed by atoms with E-state index in [0.717, 1.165) is 46.8 Å². The van der Waals surface area contributed by atoms with Gasteiger partial charge >= 0.3 is 0 Å². The van der Waals surface area contributed by atoms with Crippen molar-refractivity contribution in [3.63, 3.8) is 0 Å². The van der Waals surface area contributed by atoms with Gasteiger partial charge in [0.05, 0.1) is 5.69 Å². The zero-order chi connectivity index (χ0) is 14.0. The number of aromatic nitrogens is 4. The predicted octanol–water partition coefficient (Wildman–Crippen LogP) is 3.38. The van der Waals surface area contributed by atoms with Crippen molar-refractivity contribution in [2.75, 3.05) is 12.0 Å². The standard InChI is InChI=1S/C13H22N4S2/c1-5-6-10-11-12(16(3)15-10)17(13(18)14-11)7-9(2)8-19-4/h9H,5-8H2,1-4H3,(H,14,18). The third kappa shape index (κ3) is 2.89. The summed E-state index contributed by atoms with van der Waals surface area (Å²) in [5.74, 6) is 1.75. The van der Waals surface area contributed by atoms with Crippen LogP contribution < -0.4 is 0 Å². The molecule has 2 aromatic rings. The average Bonchev–Trinajstić information content (AvgIpc) is 2.81. The zero-order valence-electron chi connectivity index (χ0n) is 12.1. The Kier molecular flexibility index (Phi) is 4.73. The van der Waals surface area contributed by atoms with Gasteiger partial charge < -0.3 is 9.55 Å². The molecule has 0 spiro atoms. The molecule has 0 radical (unpaired) electrons. The number of nitrogens with one attached hydrogen (secondary N) is 1. The summed E-state index contributed by atoms with van der Waals surface area (Å²) in [5.41, 5.74) is 3.37. The molecule has 0 aliphatic heterocycles. The molecule has 1 atom stereocenters. The van der Waals surface area contributed by atoms with Crippen molar-refractivity contribution in [2.45, 2.75) is 33.2 Å². The van der Waals surface area contributed by atoms with E-state index in [0.29, 0.717) is 5.92 Å². The molecule has 2 aromatic heterocycles. The second-order valence-electron chi connectivity index (χ2n) is 5.12. The molecule has 0 aliphatic rings. The predicted molar refractivity (Wildman–Crippen MR) is 85.4 cm³/mol. The van der Waals surface area contributed by atoms with E-state index < -0.39 is 0 Å². The van der Waals surface area contributed by atoms with Crippen LogP contribution >= 0.6 is 24.0 Å². The van der Waals surface area contributed by atoms with Crippen LogP contribution in [-0.2, 0) is 20.0 Å². The number of hydrogen-bond donors (Lipinski definition) is 1. The molecule has 106 valence electrons. The lowest BCUT2D eigenvalue weighted by molar-refractivity contribution is 0.527. The molecule has 0 aromatic carbocycles. The Morgan fingerprint density at radius 2 is 2.21 bits per heavy atom. The fraction of sp³-hybridized carbons (Fsp3) is 0.692. The molecular formula is C13H22N4S2. The van der Waals surface area contributed by atoms with Crippen molar-refractivity contribution in [3.05, 3.63) is 10.5 Å². The SMILES string of the molecule is CCCc1nn(C)c2c1[nH]c(=S)n2CC(C)CSC. The number of hydrogen-bond acceptors (Lipinski definition) is 3. The van der Waals surface area contributed by atoms with Crippen LogP contribution in [0, 0.1) is 10.7 Å². The number of nitrogens with zero attached hydrogens (tertiary/aromatic N) is 3. The summed E-state index contributed by atoms with van der Waals surface area (Å²) >= 11 is 7.35. The Hall–Kier alpha value is -0.750. The highest BCUT2D eigenvalue weighted by Crippen LogP contribution is 2.20. The molecule has 0 bridgehead atoms. The second-order valence-corrected chi connectivity index (χ2v) is 6.42. The highest BCUT2D eigenvalue weighted by atomic mass is 32.2. The average molecular weight is 298 g/mol. The van der Waals surface area contributed by atoms with Crippen molar-refractivity contribution in [1.82, 2.24) is 19.3 Å². The number of aromatic amines is 1. The molecule has 4 nitrogen and oxygen atoms in total. The van der Waals surface area contributed by atoms with Gasteiger partial charge in [0.1, 0.15) is 5.52 Å². The first-order valence-corrected chi connectivity index (χ1v) is 8.52. The molecule has 0 fully saturated rings. The molecule has 1 N–H and O–H groups in total. The fourth-order valence-electron chi connectivity index (χ4n) is 2.51.